The van der Waals surface area contributed by atoms with Gasteiger partial charge in [0, 0.05) is 0 Å². The summed E-state index contributed by atoms with van der Waals surface area (Å²) in [7, 11) is 0. The Hall–Kier alpha value is -1.53. The summed E-state index contributed by atoms with van der Waals surface area (Å²) >= 11 is 7.15. The number of Topliss-reactive ketones (excluding diaryl/α,β-unsaturated/α-hetero) is 1. The number of thioether (sulfide) groups is 1. The molecular formula is C12H11ClN2O3S. The van der Waals surface area contributed by atoms with Gasteiger partial charge >= 0.3 is 0 Å². The van der Waals surface area contributed by atoms with E-state index in [1.807, 2.05) is 12.1 Å². The Labute approximate surface area is 119 Å². The molecule has 1 heterocycles. The van der Waals surface area contributed by atoms with E-state index in [0.29, 0.717) is 27.6 Å². The van der Waals surface area contributed by atoms with E-state index in [1.54, 1.807) is 12.1 Å². The fourth-order valence-electron chi connectivity index (χ4n) is 1.22. The van der Waals surface area contributed by atoms with Gasteiger partial charge in [0.05, 0.1) is 10.8 Å². The summed E-state index contributed by atoms with van der Waals surface area (Å²) in [6, 6.07) is 7.13. The first-order valence-corrected chi connectivity index (χ1v) is 6.83. The Morgan fingerprint density at radius 3 is 2.95 bits per heavy atom. The van der Waals surface area contributed by atoms with Crippen molar-refractivity contribution >= 4 is 29.1 Å². The first kappa shape index (κ1) is 13.9. The molecule has 0 fully saturated rings. The zero-order chi connectivity index (χ0) is 13.7. The van der Waals surface area contributed by atoms with Crippen molar-refractivity contribution in [3.8, 4) is 5.75 Å². The Balaban J connectivity index is 1.90. The van der Waals surface area contributed by atoms with Crippen molar-refractivity contribution < 1.29 is 13.9 Å². The number of hydrogen-bond donors (Lipinski definition) is 0. The Bertz CT molecular complexity index is 574. The lowest BCUT2D eigenvalue weighted by Gasteiger charge is -2.04. The normalized spacial score (nSPS) is 10.4. The van der Waals surface area contributed by atoms with Gasteiger partial charge in [-0.1, -0.05) is 35.5 Å². The van der Waals surface area contributed by atoms with Crippen LogP contribution in [0, 0.1) is 0 Å². The summed E-state index contributed by atoms with van der Waals surface area (Å²) in [5, 5.41) is 8.50. The fraction of sp³-hybridized carbons (Fsp3) is 0.250. The van der Waals surface area contributed by atoms with Gasteiger partial charge in [0.15, 0.2) is 6.61 Å². The van der Waals surface area contributed by atoms with Gasteiger partial charge in [0.1, 0.15) is 11.5 Å². The SMILES string of the molecule is CC(=O)CSc1nnc(COc2ccccc2Cl)o1. The van der Waals surface area contributed by atoms with E-state index in [-0.39, 0.29) is 12.4 Å². The minimum atomic E-state index is 0.0528. The number of rotatable bonds is 6. The quantitative estimate of drug-likeness (QED) is 0.764. The van der Waals surface area contributed by atoms with Crippen LogP contribution in [0.4, 0.5) is 0 Å². The number of para-hydroxylation sites is 1. The molecule has 0 atom stereocenters. The standard InChI is InChI=1S/C12H11ClN2O3S/c1-8(16)7-19-12-15-14-11(18-12)6-17-10-5-3-2-4-9(10)13/h2-5H,6-7H2,1H3. The van der Waals surface area contributed by atoms with Crippen LogP contribution in [0.1, 0.15) is 12.8 Å². The highest BCUT2D eigenvalue weighted by atomic mass is 35.5. The van der Waals surface area contributed by atoms with Gasteiger partial charge in [-0.05, 0) is 19.1 Å². The number of ether oxygens (including phenoxy) is 1. The van der Waals surface area contributed by atoms with Gasteiger partial charge in [-0.25, -0.2) is 0 Å². The lowest BCUT2D eigenvalue weighted by molar-refractivity contribution is -0.114. The van der Waals surface area contributed by atoms with E-state index in [9.17, 15) is 4.79 Å². The molecule has 0 unspecified atom stereocenters. The van der Waals surface area contributed by atoms with Crippen LogP contribution in [0.25, 0.3) is 0 Å². The molecule has 2 aromatic rings. The second-order valence-electron chi connectivity index (χ2n) is 3.67. The number of halogens is 1. The van der Waals surface area contributed by atoms with E-state index in [1.165, 1.54) is 18.7 Å². The molecule has 0 saturated heterocycles. The predicted octanol–water partition coefficient (Wildman–Crippen LogP) is 2.98. The molecule has 2 rings (SSSR count). The molecule has 0 bridgehead atoms. The van der Waals surface area contributed by atoms with Crippen LogP contribution in [0.15, 0.2) is 33.9 Å². The van der Waals surface area contributed by atoms with Gasteiger partial charge in [0.2, 0.25) is 0 Å². The number of ketones is 1. The van der Waals surface area contributed by atoms with Crippen LogP contribution in [0.5, 0.6) is 5.75 Å². The van der Waals surface area contributed by atoms with Crippen molar-refractivity contribution in [3.05, 3.63) is 35.2 Å². The number of aromatic nitrogens is 2. The van der Waals surface area contributed by atoms with Crippen LogP contribution >= 0.6 is 23.4 Å². The lowest BCUT2D eigenvalue weighted by Crippen LogP contribution is -1.96. The smallest absolute Gasteiger partial charge is 0.277 e. The average molecular weight is 299 g/mol. The molecule has 1 aromatic heterocycles. The number of benzene rings is 1. The van der Waals surface area contributed by atoms with Crippen LogP contribution in [0.3, 0.4) is 0 Å². The van der Waals surface area contributed by atoms with Gasteiger partial charge in [0.25, 0.3) is 11.1 Å². The highest BCUT2D eigenvalue weighted by molar-refractivity contribution is 7.99. The minimum absolute atomic E-state index is 0.0528. The first-order chi connectivity index (χ1) is 9.15. The Morgan fingerprint density at radius 1 is 1.42 bits per heavy atom. The molecule has 0 N–H and O–H groups in total. The van der Waals surface area contributed by atoms with Crippen molar-refractivity contribution in [2.24, 2.45) is 0 Å². The maximum atomic E-state index is 10.8. The number of carbonyl (C=O) groups excluding carboxylic acids is 1. The molecule has 0 saturated carbocycles. The van der Waals surface area contributed by atoms with E-state index in [4.69, 9.17) is 20.8 Å². The van der Waals surface area contributed by atoms with Crippen LogP contribution in [-0.2, 0) is 11.4 Å². The second-order valence-corrected chi connectivity index (χ2v) is 5.01. The molecule has 0 radical (unpaired) electrons. The maximum absolute atomic E-state index is 10.8. The molecule has 7 heteroatoms. The molecule has 0 aliphatic carbocycles. The highest BCUT2D eigenvalue weighted by Gasteiger charge is 2.09. The summed E-state index contributed by atoms with van der Waals surface area (Å²) in [5.74, 6) is 1.26. The van der Waals surface area contributed by atoms with Crippen molar-refractivity contribution in [1.82, 2.24) is 10.2 Å². The number of carbonyl (C=O) groups is 1. The van der Waals surface area contributed by atoms with Gasteiger partial charge in [-0.3, -0.25) is 4.79 Å². The van der Waals surface area contributed by atoms with E-state index in [2.05, 4.69) is 10.2 Å². The third-order valence-corrected chi connectivity index (χ3v) is 3.31. The molecule has 0 amide bonds. The zero-order valence-electron chi connectivity index (χ0n) is 10.1. The third kappa shape index (κ3) is 4.25. The molecule has 1 aromatic carbocycles. The summed E-state index contributed by atoms with van der Waals surface area (Å²) in [6.07, 6.45) is 0. The zero-order valence-corrected chi connectivity index (χ0v) is 11.7. The lowest BCUT2D eigenvalue weighted by atomic mass is 10.3. The first-order valence-electron chi connectivity index (χ1n) is 5.47. The average Bonchev–Trinajstić information content (AvgIpc) is 2.83. The van der Waals surface area contributed by atoms with E-state index >= 15 is 0 Å². The van der Waals surface area contributed by atoms with Crippen molar-refractivity contribution in [1.29, 1.82) is 0 Å². The molecule has 0 aliphatic rings. The predicted molar refractivity (Wildman–Crippen MR) is 71.5 cm³/mol. The minimum Gasteiger partial charge on any atom is -0.482 e. The molecular weight excluding hydrogens is 288 g/mol. The Morgan fingerprint density at radius 2 is 2.21 bits per heavy atom. The summed E-state index contributed by atoms with van der Waals surface area (Å²) in [4.78, 5) is 10.8. The second kappa shape index (κ2) is 6.58. The molecule has 5 nitrogen and oxygen atoms in total. The van der Waals surface area contributed by atoms with Crippen molar-refractivity contribution in [2.75, 3.05) is 5.75 Å². The van der Waals surface area contributed by atoms with Crippen molar-refractivity contribution in [2.45, 2.75) is 18.8 Å². The Kier molecular flexibility index (Phi) is 4.81. The van der Waals surface area contributed by atoms with Gasteiger partial charge in [-0.2, -0.15) is 0 Å². The van der Waals surface area contributed by atoms with Gasteiger partial charge < -0.3 is 9.15 Å². The molecule has 0 spiro atoms. The number of hydrogen-bond acceptors (Lipinski definition) is 6. The summed E-state index contributed by atoms with van der Waals surface area (Å²) in [6.45, 7) is 1.64. The summed E-state index contributed by atoms with van der Waals surface area (Å²) in [5.41, 5.74) is 0. The monoisotopic (exact) mass is 298 g/mol. The van der Waals surface area contributed by atoms with Crippen LogP contribution in [0.2, 0.25) is 5.02 Å². The fourth-order valence-corrected chi connectivity index (χ4v) is 1.99. The largest absolute Gasteiger partial charge is 0.482 e. The van der Waals surface area contributed by atoms with E-state index < -0.39 is 0 Å². The number of nitrogens with zero attached hydrogens (tertiary/aromatic N) is 2. The van der Waals surface area contributed by atoms with Gasteiger partial charge in [-0.15, -0.1) is 10.2 Å². The molecule has 19 heavy (non-hydrogen) atoms. The summed E-state index contributed by atoms with van der Waals surface area (Å²) < 4.78 is 10.8. The van der Waals surface area contributed by atoms with Crippen LogP contribution in [-0.4, -0.2) is 21.7 Å². The topological polar surface area (TPSA) is 65.2 Å². The van der Waals surface area contributed by atoms with Crippen molar-refractivity contribution in [3.63, 3.8) is 0 Å². The molecule has 100 valence electrons. The molecule has 0 aliphatic heterocycles. The maximum Gasteiger partial charge on any atom is 0.277 e. The highest BCUT2D eigenvalue weighted by Crippen LogP contribution is 2.24. The van der Waals surface area contributed by atoms with Crippen LogP contribution < -0.4 is 4.74 Å². The van der Waals surface area contributed by atoms with E-state index in [0.717, 1.165) is 0 Å². The third-order valence-electron chi connectivity index (χ3n) is 2.04.